The second-order valence-electron chi connectivity index (χ2n) is 4.47. The van der Waals surface area contributed by atoms with Crippen molar-refractivity contribution in [1.29, 1.82) is 0 Å². The molecule has 0 aliphatic carbocycles. The van der Waals surface area contributed by atoms with Gasteiger partial charge in [-0.25, -0.2) is 4.98 Å². The molecule has 0 spiro atoms. The van der Waals surface area contributed by atoms with E-state index in [-0.39, 0.29) is 5.91 Å². The monoisotopic (exact) mass is 305 g/mol. The third kappa shape index (κ3) is 4.43. The zero-order chi connectivity index (χ0) is 15.2. The van der Waals surface area contributed by atoms with E-state index in [1.54, 1.807) is 18.2 Å². The molecule has 0 saturated carbocycles. The first-order chi connectivity index (χ1) is 10.1. The number of aromatic nitrogens is 2. The van der Waals surface area contributed by atoms with E-state index in [1.165, 1.54) is 6.92 Å². The number of carbonyl (C=O) groups is 1. The number of halogens is 1. The Balaban J connectivity index is 2.27. The molecule has 1 heterocycles. The van der Waals surface area contributed by atoms with Crippen molar-refractivity contribution in [3.8, 4) is 11.6 Å². The molecule has 21 heavy (non-hydrogen) atoms. The highest BCUT2D eigenvalue weighted by molar-refractivity contribution is 6.29. The maximum atomic E-state index is 11.2. The van der Waals surface area contributed by atoms with E-state index in [4.69, 9.17) is 16.3 Å². The van der Waals surface area contributed by atoms with E-state index in [0.29, 0.717) is 28.3 Å². The first-order valence-corrected chi connectivity index (χ1v) is 7.04. The Bertz CT molecular complexity index is 647. The summed E-state index contributed by atoms with van der Waals surface area (Å²) in [4.78, 5) is 19.6. The lowest BCUT2D eigenvalue weighted by atomic mass is 10.3. The van der Waals surface area contributed by atoms with Crippen LogP contribution < -0.4 is 10.1 Å². The number of benzene rings is 1. The van der Waals surface area contributed by atoms with Crippen LogP contribution >= 0.6 is 11.6 Å². The normalized spacial score (nSPS) is 10.2. The van der Waals surface area contributed by atoms with Crippen LogP contribution in [0.3, 0.4) is 0 Å². The highest BCUT2D eigenvalue weighted by atomic mass is 35.5. The molecule has 0 aliphatic rings. The van der Waals surface area contributed by atoms with Gasteiger partial charge in [0.15, 0.2) is 5.75 Å². The van der Waals surface area contributed by atoms with E-state index in [2.05, 4.69) is 15.3 Å². The van der Waals surface area contributed by atoms with Crippen molar-refractivity contribution in [2.45, 2.75) is 26.7 Å². The summed E-state index contributed by atoms with van der Waals surface area (Å²) in [5.41, 5.74) is 0.580. The number of anilines is 1. The summed E-state index contributed by atoms with van der Waals surface area (Å²) in [6, 6.07) is 8.68. The molecule has 1 aromatic carbocycles. The SMILES string of the molecule is CCCc1nc(Cl)cc(Oc2ccccc2NC(C)=O)n1. The van der Waals surface area contributed by atoms with Gasteiger partial charge in [-0.05, 0) is 18.6 Å². The number of para-hydroxylation sites is 2. The van der Waals surface area contributed by atoms with Crippen molar-refractivity contribution in [3.05, 3.63) is 41.3 Å². The number of rotatable bonds is 5. The first kappa shape index (κ1) is 15.3. The van der Waals surface area contributed by atoms with Gasteiger partial charge in [-0.3, -0.25) is 4.79 Å². The number of ether oxygens (including phenoxy) is 1. The molecule has 6 heteroatoms. The summed E-state index contributed by atoms with van der Waals surface area (Å²) in [5, 5.41) is 3.04. The van der Waals surface area contributed by atoms with Crippen LogP contribution in [0.1, 0.15) is 26.1 Å². The second kappa shape index (κ2) is 7.04. The van der Waals surface area contributed by atoms with Gasteiger partial charge in [-0.15, -0.1) is 0 Å². The van der Waals surface area contributed by atoms with Crippen LogP contribution in [0.25, 0.3) is 0 Å². The number of aryl methyl sites for hydroxylation is 1. The van der Waals surface area contributed by atoms with Crippen LogP contribution in [-0.2, 0) is 11.2 Å². The van der Waals surface area contributed by atoms with Crippen LogP contribution in [0.4, 0.5) is 5.69 Å². The van der Waals surface area contributed by atoms with Gasteiger partial charge in [0.25, 0.3) is 0 Å². The van der Waals surface area contributed by atoms with E-state index in [0.717, 1.165) is 12.8 Å². The molecule has 0 atom stereocenters. The summed E-state index contributed by atoms with van der Waals surface area (Å²) >= 11 is 5.98. The molecule has 5 nitrogen and oxygen atoms in total. The van der Waals surface area contributed by atoms with Gasteiger partial charge in [0.1, 0.15) is 11.0 Å². The zero-order valence-corrected chi connectivity index (χ0v) is 12.6. The number of amides is 1. The van der Waals surface area contributed by atoms with Gasteiger partial charge < -0.3 is 10.1 Å². The second-order valence-corrected chi connectivity index (χ2v) is 4.86. The minimum Gasteiger partial charge on any atom is -0.437 e. The number of hydrogen-bond acceptors (Lipinski definition) is 4. The van der Waals surface area contributed by atoms with Gasteiger partial charge >= 0.3 is 0 Å². The fourth-order valence-electron chi connectivity index (χ4n) is 1.79. The van der Waals surface area contributed by atoms with Crippen LogP contribution in [0.5, 0.6) is 11.6 Å². The van der Waals surface area contributed by atoms with Crippen LogP contribution in [-0.4, -0.2) is 15.9 Å². The zero-order valence-electron chi connectivity index (χ0n) is 11.9. The summed E-state index contributed by atoms with van der Waals surface area (Å²) < 4.78 is 5.73. The van der Waals surface area contributed by atoms with E-state index in [1.807, 2.05) is 19.1 Å². The van der Waals surface area contributed by atoms with Crippen molar-refractivity contribution in [3.63, 3.8) is 0 Å². The molecule has 2 rings (SSSR count). The number of carbonyl (C=O) groups excluding carboxylic acids is 1. The van der Waals surface area contributed by atoms with Crippen molar-refractivity contribution >= 4 is 23.2 Å². The predicted molar refractivity (Wildman–Crippen MR) is 81.9 cm³/mol. The fraction of sp³-hybridized carbons (Fsp3) is 0.267. The molecule has 0 aliphatic heterocycles. The van der Waals surface area contributed by atoms with Crippen LogP contribution in [0, 0.1) is 0 Å². The molecule has 0 bridgehead atoms. The molecule has 0 radical (unpaired) electrons. The molecule has 0 unspecified atom stereocenters. The summed E-state index contributed by atoms with van der Waals surface area (Å²) in [6.07, 6.45) is 1.65. The standard InChI is InChI=1S/C15H16ClN3O2/c1-3-6-14-18-13(16)9-15(19-14)21-12-8-5-4-7-11(12)17-10(2)20/h4-5,7-9H,3,6H2,1-2H3,(H,17,20). The molecular formula is C15H16ClN3O2. The lowest BCUT2D eigenvalue weighted by Crippen LogP contribution is -2.07. The predicted octanol–water partition coefficient (Wildman–Crippen LogP) is 3.83. The molecular weight excluding hydrogens is 290 g/mol. The number of hydrogen-bond donors (Lipinski definition) is 1. The van der Waals surface area contributed by atoms with E-state index in [9.17, 15) is 4.79 Å². The highest BCUT2D eigenvalue weighted by Gasteiger charge is 2.09. The van der Waals surface area contributed by atoms with Gasteiger partial charge in [-0.1, -0.05) is 30.7 Å². The van der Waals surface area contributed by atoms with E-state index < -0.39 is 0 Å². The molecule has 0 fully saturated rings. The fourth-order valence-corrected chi connectivity index (χ4v) is 1.98. The highest BCUT2D eigenvalue weighted by Crippen LogP contribution is 2.29. The Labute approximate surface area is 128 Å². The number of nitrogens with one attached hydrogen (secondary N) is 1. The van der Waals surface area contributed by atoms with E-state index >= 15 is 0 Å². The number of nitrogens with zero attached hydrogens (tertiary/aromatic N) is 2. The van der Waals surface area contributed by atoms with Crippen molar-refractivity contribution in [2.24, 2.45) is 0 Å². The first-order valence-electron chi connectivity index (χ1n) is 6.66. The molecule has 0 saturated heterocycles. The average Bonchev–Trinajstić information content (AvgIpc) is 2.40. The summed E-state index contributed by atoms with van der Waals surface area (Å²) in [5.74, 6) is 1.33. The lowest BCUT2D eigenvalue weighted by molar-refractivity contribution is -0.114. The minimum absolute atomic E-state index is 0.168. The van der Waals surface area contributed by atoms with Gasteiger partial charge in [-0.2, -0.15) is 4.98 Å². The van der Waals surface area contributed by atoms with Crippen LogP contribution in [0.15, 0.2) is 30.3 Å². The van der Waals surface area contributed by atoms with Crippen LogP contribution in [0.2, 0.25) is 5.15 Å². The Hall–Kier alpha value is -2.14. The van der Waals surface area contributed by atoms with Crippen molar-refractivity contribution in [2.75, 3.05) is 5.32 Å². The Kier molecular flexibility index (Phi) is 5.11. The maximum Gasteiger partial charge on any atom is 0.224 e. The molecule has 2 aromatic rings. The third-order valence-electron chi connectivity index (χ3n) is 2.60. The molecule has 1 N–H and O–H groups in total. The Morgan fingerprint density at radius 2 is 2.10 bits per heavy atom. The molecule has 1 aromatic heterocycles. The maximum absolute atomic E-state index is 11.2. The Morgan fingerprint density at radius 3 is 2.81 bits per heavy atom. The lowest BCUT2D eigenvalue weighted by Gasteiger charge is -2.11. The third-order valence-corrected chi connectivity index (χ3v) is 2.80. The van der Waals surface area contributed by atoms with Gasteiger partial charge in [0, 0.05) is 19.4 Å². The summed E-state index contributed by atoms with van der Waals surface area (Å²) in [6.45, 7) is 3.48. The Morgan fingerprint density at radius 1 is 1.33 bits per heavy atom. The van der Waals surface area contributed by atoms with Crippen molar-refractivity contribution < 1.29 is 9.53 Å². The average molecular weight is 306 g/mol. The molecule has 1 amide bonds. The van der Waals surface area contributed by atoms with Gasteiger partial charge in [0.05, 0.1) is 5.69 Å². The smallest absolute Gasteiger partial charge is 0.224 e. The molecule has 110 valence electrons. The largest absolute Gasteiger partial charge is 0.437 e. The topological polar surface area (TPSA) is 64.1 Å². The quantitative estimate of drug-likeness (QED) is 0.853. The van der Waals surface area contributed by atoms with Gasteiger partial charge in [0.2, 0.25) is 11.8 Å². The summed E-state index contributed by atoms with van der Waals surface area (Å²) in [7, 11) is 0. The minimum atomic E-state index is -0.168. The van der Waals surface area contributed by atoms with Crippen molar-refractivity contribution in [1.82, 2.24) is 9.97 Å².